The highest BCUT2D eigenvalue weighted by atomic mass is 16.7. The second kappa shape index (κ2) is 38.9. The minimum Gasteiger partial charge on any atom is -0.477 e. The van der Waals surface area contributed by atoms with Crippen LogP contribution in [0.25, 0.3) is 0 Å². The Kier molecular flexibility index (Phi) is 37.5. The molecule has 9 nitrogen and oxygen atoms in total. The number of aliphatic carboxylic acids is 1. The van der Waals surface area contributed by atoms with Crippen LogP contribution in [-0.4, -0.2) is 87.4 Å². The van der Waals surface area contributed by atoms with E-state index < -0.39 is 24.3 Å². The zero-order valence-corrected chi connectivity index (χ0v) is 36.6. The summed E-state index contributed by atoms with van der Waals surface area (Å²) >= 11 is 0. The van der Waals surface area contributed by atoms with E-state index in [4.69, 9.17) is 18.9 Å². The molecule has 0 fully saturated rings. The molecule has 2 atom stereocenters. The fourth-order valence-corrected chi connectivity index (χ4v) is 6.42. The van der Waals surface area contributed by atoms with Crippen molar-refractivity contribution in [3.63, 3.8) is 0 Å². The van der Waals surface area contributed by atoms with E-state index in [-0.39, 0.29) is 32.2 Å². The van der Waals surface area contributed by atoms with Gasteiger partial charge in [0.2, 0.25) is 0 Å². The molecule has 0 saturated carbocycles. The summed E-state index contributed by atoms with van der Waals surface area (Å²) in [5.41, 5.74) is 0. The summed E-state index contributed by atoms with van der Waals surface area (Å²) < 4.78 is 22.7. The lowest BCUT2D eigenvalue weighted by atomic mass is 10.0. The van der Waals surface area contributed by atoms with Crippen LogP contribution in [0, 0.1) is 0 Å². The molecular weight excluding hydrogens is 695 g/mol. The molecule has 0 bridgehead atoms. The van der Waals surface area contributed by atoms with Gasteiger partial charge in [0.15, 0.2) is 6.10 Å². The van der Waals surface area contributed by atoms with Crippen molar-refractivity contribution in [2.45, 2.75) is 219 Å². The summed E-state index contributed by atoms with van der Waals surface area (Å²) in [6.45, 7) is 4.87. The standard InChI is InChI=1S/C46H87NO8/c1-6-8-10-12-14-16-18-20-22-24-26-28-30-32-34-36-43(48)53-40-42(41-54-46(45(50)51)52-39-38-47(3,4)5)55-44(49)37-35-33-31-29-27-25-23-21-19-17-15-13-11-9-7-2/h21,23,42,46H,6-20,22,24-41H2,1-5H3/p+1/b23-21-. The molecule has 0 rings (SSSR count). The van der Waals surface area contributed by atoms with Crippen molar-refractivity contribution in [3.8, 4) is 0 Å². The molecule has 324 valence electrons. The summed E-state index contributed by atoms with van der Waals surface area (Å²) in [6, 6.07) is 0. The Balaban J connectivity index is 4.42. The summed E-state index contributed by atoms with van der Waals surface area (Å²) in [5.74, 6) is -2.01. The van der Waals surface area contributed by atoms with E-state index >= 15 is 0 Å². The van der Waals surface area contributed by atoms with Gasteiger partial charge in [0, 0.05) is 12.8 Å². The topological polar surface area (TPSA) is 108 Å². The van der Waals surface area contributed by atoms with E-state index in [1.807, 2.05) is 21.1 Å². The monoisotopic (exact) mass is 783 g/mol. The highest BCUT2D eigenvalue weighted by Crippen LogP contribution is 2.15. The van der Waals surface area contributed by atoms with Gasteiger partial charge in [0.25, 0.3) is 6.29 Å². The minimum atomic E-state index is -1.51. The Morgan fingerprint density at radius 1 is 0.527 bits per heavy atom. The predicted octanol–water partition coefficient (Wildman–Crippen LogP) is 11.9. The smallest absolute Gasteiger partial charge is 0.361 e. The molecular formula is C46H88NO8+. The molecule has 0 saturated heterocycles. The molecule has 1 N–H and O–H groups in total. The number of unbranched alkanes of at least 4 members (excludes halogenated alkanes) is 25. The molecule has 9 heteroatoms. The number of hydrogen-bond donors (Lipinski definition) is 1. The van der Waals surface area contributed by atoms with Crippen LogP contribution >= 0.6 is 0 Å². The average Bonchev–Trinajstić information content (AvgIpc) is 3.14. The molecule has 0 radical (unpaired) electrons. The number of quaternary nitrogens is 1. The van der Waals surface area contributed by atoms with Crippen molar-refractivity contribution in [2.75, 3.05) is 47.5 Å². The molecule has 0 aliphatic carbocycles. The fraction of sp³-hybridized carbons (Fsp3) is 0.891. The van der Waals surface area contributed by atoms with Gasteiger partial charge in [-0.1, -0.05) is 167 Å². The zero-order valence-electron chi connectivity index (χ0n) is 36.6. The third-order valence-corrected chi connectivity index (χ3v) is 10.0. The first-order valence-corrected chi connectivity index (χ1v) is 22.9. The Bertz CT molecular complexity index is 918. The van der Waals surface area contributed by atoms with Crippen molar-refractivity contribution in [3.05, 3.63) is 12.2 Å². The Morgan fingerprint density at radius 3 is 1.35 bits per heavy atom. The molecule has 55 heavy (non-hydrogen) atoms. The second-order valence-corrected chi connectivity index (χ2v) is 16.7. The number of esters is 2. The van der Waals surface area contributed by atoms with Crippen LogP contribution < -0.4 is 0 Å². The predicted molar refractivity (Wildman–Crippen MR) is 226 cm³/mol. The molecule has 0 aromatic carbocycles. The number of carbonyl (C=O) groups is 3. The van der Waals surface area contributed by atoms with Gasteiger partial charge >= 0.3 is 17.9 Å². The fourth-order valence-electron chi connectivity index (χ4n) is 6.42. The van der Waals surface area contributed by atoms with Gasteiger partial charge in [0.1, 0.15) is 13.2 Å². The Hall–Kier alpha value is -1.97. The number of nitrogens with zero attached hydrogens (tertiary/aromatic N) is 1. The van der Waals surface area contributed by atoms with Crippen LogP contribution in [0.1, 0.15) is 206 Å². The number of rotatable bonds is 42. The number of allylic oxidation sites excluding steroid dienone is 2. The van der Waals surface area contributed by atoms with Gasteiger partial charge in [0.05, 0.1) is 34.4 Å². The van der Waals surface area contributed by atoms with E-state index in [9.17, 15) is 19.5 Å². The maximum atomic E-state index is 12.7. The van der Waals surface area contributed by atoms with E-state index in [1.165, 1.54) is 122 Å². The molecule has 0 aromatic heterocycles. The van der Waals surface area contributed by atoms with Crippen molar-refractivity contribution >= 4 is 17.9 Å². The van der Waals surface area contributed by atoms with Gasteiger partial charge in [-0.05, 0) is 38.5 Å². The third kappa shape index (κ3) is 40.0. The number of carboxylic acids is 1. The zero-order chi connectivity index (χ0) is 40.7. The number of ether oxygens (including phenoxy) is 4. The number of hydrogen-bond acceptors (Lipinski definition) is 7. The molecule has 0 aliphatic rings. The summed E-state index contributed by atoms with van der Waals surface area (Å²) in [4.78, 5) is 37.1. The number of carbonyl (C=O) groups excluding carboxylic acids is 2. The molecule has 0 spiro atoms. The lowest BCUT2D eigenvalue weighted by Crippen LogP contribution is -2.40. The van der Waals surface area contributed by atoms with Gasteiger partial charge in [-0.15, -0.1) is 0 Å². The first kappa shape index (κ1) is 53.0. The van der Waals surface area contributed by atoms with Crippen LogP contribution in [0.3, 0.4) is 0 Å². The van der Waals surface area contributed by atoms with Crippen LogP contribution in [0.15, 0.2) is 12.2 Å². The molecule has 0 aliphatic heterocycles. The first-order valence-electron chi connectivity index (χ1n) is 22.9. The normalized spacial score (nSPS) is 13.0. The first-order chi connectivity index (χ1) is 26.6. The largest absolute Gasteiger partial charge is 0.477 e. The lowest BCUT2D eigenvalue weighted by molar-refractivity contribution is -0.870. The van der Waals surface area contributed by atoms with Gasteiger partial charge in [-0.25, -0.2) is 4.79 Å². The van der Waals surface area contributed by atoms with E-state index in [0.29, 0.717) is 23.9 Å². The number of likely N-dealkylation sites (N-methyl/N-ethyl adjacent to an activating group) is 1. The molecule has 2 unspecified atom stereocenters. The van der Waals surface area contributed by atoms with Crippen molar-refractivity contribution in [1.82, 2.24) is 0 Å². The maximum absolute atomic E-state index is 12.7. The molecule has 0 aromatic rings. The minimum absolute atomic E-state index is 0.180. The summed E-state index contributed by atoms with van der Waals surface area (Å²) in [5, 5.41) is 9.63. The van der Waals surface area contributed by atoms with Crippen LogP contribution in [0.2, 0.25) is 0 Å². The van der Waals surface area contributed by atoms with Crippen LogP contribution in [-0.2, 0) is 33.3 Å². The Morgan fingerprint density at radius 2 is 0.927 bits per heavy atom. The van der Waals surface area contributed by atoms with E-state index in [0.717, 1.165) is 51.4 Å². The number of carboxylic acid groups (broad SMARTS) is 1. The average molecular weight is 783 g/mol. The van der Waals surface area contributed by atoms with Crippen molar-refractivity contribution < 1.29 is 42.9 Å². The van der Waals surface area contributed by atoms with Gasteiger partial charge in [-0.2, -0.15) is 0 Å². The molecule has 0 amide bonds. The lowest BCUT2D eigenvalue weighted by Gasteiger charge is -2.25. The Labute approximate surface area is 338 Å². The summed E-state index contributed by atoms with van der Waals surface area (Å²) in [6.07, 6.45) is 36.9. The van der Waals surface area contributed by atoms with Crippen molar-refractivity contribution in [1.29, 1.82) is 0 Å². The van der Waals surface area contributed by atoms with E-state index in [1.54, 1.807) is 0 Å². The quantitative estimate of drug-likeness (QED) is 0.0214. The highest BCUT2D eigenvalue weighted by Gasteiger charge is 2.25. The highest BCUT2D eigenvalue weighted by molar-refractivity contribution is 5.71. The third-order valence-electron chi connectivity index (χ3n) is 10.0. The maximum Gasteiger partial charge on any atom is 0.361 e. The second-order valence-electron chi connectivity index (χ2n) is 16.7. The van der Waals surface area contributed by atoms with Crippen LogP contribution in [0.4, 0.5) is 0 Å². The van der Waals surface area contributed by atoms with E-state index in [2.05, 4.69) is 26.0 Å². The van der Waals surface area contributed by atoms with Crippen molar-refractivity contribution in [2.24, 2.45) is 0 Å². The summed E-state index contributed by atoms with van der Waals surface area (Å²) in [7, 11) is 5.96. The van der Waals surface area contributed by atoms with Gasteiger partial charge < -0.3 is 28.5 Å². The van der Waals surface area contributed by atoms with Crippen LogP contribution in [0.5, 0.6) is 0 Å². The molecule has 0 heterocycles. The SMILES string of the molecule is CCCCCCCC/C=C\CCCCCCCC(=O)OC(COC(=O)CCCCCCCCCCCCCCCCC)COC(OCC[N+](C)(C)C)C(=O)O. The van der Waals surface area contributed by atoms with Gasteiger partial charge in [-0.3, -0.25) is 9.59 Å².